The molecule has 0 amide bonds. The van der Waals surface area contributed by atoms with Crippen LogP contribution in [-0.2, 0) is 19.0 Å². The van der Waals surface area contributed by atoms with Gasteiger partial charge in [0.15, 0.2) is 5.79 Å². The smallest absolute Gasteiger partial charge is 0.335 e. The first kappa shape index (κ1) is 11.2. The van der Waals surface area contributed by atoms with Gasteiger partial charge in [-0.15, -0.1) is 0 Å². The second kappa shape index (κ2) is 3.37. The first-order chi connectivity index (χ1) is 6.24. The van der Waals surface area contributed by atoms with Crippen molar-refractivity contribution < 1.29 is 19.0 Å². The van der Waals surface area contributed by atoms with Crippen molar-refractivity contribution in [3.05, 3.63) is 12.2 Å². The molecule has 0 N–H and O–H groups in total. The average Bonchev–Trinajstić information content (AvgIpc) is 2.25. The summed E-state index contributed by atoms with van der Waals surface area (Å²) in [6.07, 6.45) is 0. The number of hydrogen-bond acceptors (Lipinski definition) is 4. The molecule has 4 heteroatoms. The summed E-state index contributed by atoms with van der Waals surface area (Å²) in [5.74, 6) is -2.17. The van der Waals surface area contributed by atoms with Gasteiger partial charge in [-0.2, -0.15) is 0 Å². The summed E-state index contributed by atoms with van der Waals surface area (Å²) in [6, 6.07) is 0. The molecule has 0 aliphatic carbocycles. The third-order valence-electron chi connectivity index (χ3n) is 1.80. The van der Waals surface area contributed by atoms with Crippen molar-refractivity contribution in [2.24, 2.45) is 0 Å². The molecule has 0 spiro atoms. The average molecular weight is 200 g/mol. The molecule has 1 rings (SSSR count). The van der Waals surface area contributed by atoms with E-state index in [1.807, 2.05) is 0 Å². The Bertz CT molecular complexity index is 269. The van der Waals surface area contributed by atoms with Crippen LogP contribution >= 0.6 is 0 Å². The van der Waals surface area contributed by atoms with Crippen molar-refractivity contribution in [1.29, 1.82) is 0 Å². The highest BCUT2D eigenvalue weighted by Gasteiger charge is 2.45. The summed E-state index contributed by atoms with van der Waals surface area (Å²) in [6.45, 7) is 10.5. The molecule has 14 heavy (non-hydrogen) atoms. The molecule has 0 aromatic rings. The van der Waals surface area contributed by atoms with Crippen LogP contribution < -0.4 is 0 Å². The van der Waals surface area contributed by atoms with Gasteiger partial charge in [0.05, 0.1) is 0 Å². The maximum atomic E-state index is 11.3. The molecular weight excluding hydrogens is 184 g/mol. The summed E-state index contributed by atoms with van der Waals surface area (Å²) in [5, 5.41) is 0. The van der Waals surface area contributed by atoms with E-state index in [-0.39, 0.29) is 6.61 Å². The lowest BCUT2D eigenvalue weighted by Gasteiger charge is -2.24. The maximum absolute atomic E-state index is 11.3. The van der Waals surface area contributed by atoms with Crippen LogP contribution in [0.1, 0.15) is 27.7 Å². The third kappa shape index (κ3) is 2.56. The minimum atomic E-state index is -1.00. The van der Waals surface area contributed by atoms with Gasteiger partial charge in [0.2, 0.25) is 5.79 Å². The largest absolute Gasteiger partial charge is 0.427 e. The number of carbonyl (C=O) groups is 1. The fourth-order valence-corrected chi connectivity index (χ4v) is 1.22. The molecule has 1 aliphatic rings. The van der Waals surface area contributed by atoms with Gasteiger partial charge in [0.1, 0.15) is 6.61 Å². The lowest BCUT2D eigenvalue weighted by atomic mass is 10.3. The summed E-state index contributed by atoms with van der Waals surface area (Å²) in [4.78, 5) is 11.3. The predicted molar refractivity (Wildman–Crippen MR) is 50.4 cm³/mol. The molecule has 1 fully saturated rings. The number of rotatable bonds is 2. The molecule has 0 saturated carbocycles. The van der Waals surface area contributed by atoms with E-state index < -0.39 is 17.5 Å². The fraction of sp³-hybridized carbons (Fsp3) is 0.700. The van der Waals surface area contributed by atoms with Crippen LogP contribution in [0.5, 0.6) is 0 Å². The Morgan fingerprint density at radius 1 is 1.43 bits per heavy atom. The zero-order valence-electron chi connectivity index (χ0n) is 9.05. The molecule has 0 aromatic heterocycles. The normalized spacial score (nSPS) is 30.0. The van der Waals surface area contributed by atoms with E-state index in [0.29, 0.717) is 5.57 Å². The van der Waals surface area contributed by atoms with E-state index in [2.05, 4.69) is 6.58 Å². The standard InChI is InChI=1S/C10H16O4/c1-7(2)8(11)13-10(5)6-12-9(3,4)14-10/h1,6H2,2-5H3. The highest BCUT2D eigenvalue weighted by atomic mass is 16.8. The molecule has 4 nitrogen and oxygen atoms in total. The molecule has 0 radical (unpaired) electrons. The molecular formula is C10H16O4. The summed E-state index contributed by atoms with van der Waals surface area (Å²) < 4.78 is 15.9. The van der Waals surface area contributed by atoms with E-state index in [4.69, 9.17) is 14.2 Å². The molecule has 1 saturated heterocycles. The molecule has 80 valence electrons. The van der Waals surface area contributed by atoms with E-state index in [9.17, 15) is 4.79 Å². The highest BCUT2D eigenvalue weighted by molar-refractivity contribution is 5.87. The van der Waals surface area contributed by atoms with Crippen molar-refractivity contribution in [2.45, 2.75) is 39.3 Å². The lowest BCUT2D eigenvalue weighted by molar-refractivity contribution is -0.236. The van der Waals surface area contributed by atoms with Crippen LogP contribution in [0, 0.1) is 0 Å². The minimum absolute atomic E-state index is 0.235. The first-order valence-electron chi connectivity index (χ1n) is 4.47. The third-order valence-corrected chi connectivity index (χ3v) is 1.80. The van der Waals surface area contributed by atoms with Crippen LogP contribution in [-0.4, -0.2) is 24.2 Å². The topological polar surface area (TPSA) is 44.8 Å². The van der Waals surface area contributed by atoms with E-state index in [0.717, 1.165) is 0 Å². The maximum Gasteiger partial charge on any atom is 0.335 e. The van der Waals surface area contributed by atoms with Crippen molar-refractivity contribution >= 4 is 5.97 Å². The molecule has 0 bridgehead atoms. The van der Waals surface area contributed by atoms with Crippen molar-refractivity contribution in [3.8, 4) is 0 Å². The predicted octanol–water partition coefficient (Wildman–Crippen LogP) is 1.60. The van der Waals surface area contributed by atoms with Gasteiger partial charge in [-0.05, 0) is 20.8 Å². The number of esters is 1. The van der Waals surface area contributed by atoms with Gasteiger partial charge in [-0.1, -0.05) is 6.58 Å². The van der Waals surface area contributed by atoms with Gasteiger partial charge in [0.25, 0.3) is 0 Å². The molecule has 1 heterocycles. The Balaban J connectivity index is 2.61. The zero-order chi connectivity index (χ0) is 11.0. The highest BCUT2D eigenvalue weighted by Crippen LogP contribution is 2.31. The van der Waals surface area contributed by atoms with Crippen molar-refractivity contribution in [1.82, 2.24) is 0 Å². The van der Waals surface area contributed by atoms with Gasteiger partial charge >= 0.3 is 5.97 Å². The molecule has 1 atom stereocenters. The molecule has 0 aromatic carbocycles. The Morgan fingerprint density at radius 3 is 2.36 bits per heavy atom. The Kier molecular flexibility index (Phi) is 2.69. The van der Waals surface area contributed by atoms with Gasteiger partial charge in [0, 0.05) is 12.5 Å². The minimum Gasteiger partial charge on any atom is -0.427 e. The molecule has 1 unspecified atom stereocenters. The quantitative estimate of drug-likeness (QED) is 0.501. The van der Waals surface area contributed by atoms with E-state index in [1.54, 1.807) is 27.7 Å². The second-order valence-corrected chi connectivity index (χ2v) is 4.09. The molecule has 1 aliphatic heterocycles. The summed E-state index contributed by atoms with van der Waals surface area (Å²) >= 11 is 0. The first-order valence-corrected chi connectivity index (χ1v) is 4.47. The summed E-state index contributed by atoms with van der Waals surface area (Å²) in [7, 11) is 0. The Hall–Kier alpha value is -0.870. The van der Waals surface area contributed by atoms with Gasteiger partial charge in [-0.25, -0.2) is 4.79 Å². The van der Waals surface area contributed by atoms with Crippen LogP contribution in [0.3, 0.4) is 0 Å². The van der Waals surface area contributed by atoms with Gasteiger partial charge < -0.3 is 14.2 Å². The van der Waals surface area contributed by atoms with E-state index in [1.165, 1.54) is 0 Å². The monoisotopic (exact) mass is 200 g/mol. The van der Waals surface area contributed by atoms with Crippen LogP contribution in [0.4, 0.5) is 0 Å². The Labute approximate surface area is 83.8 Å². The van der Waals surface area contributed by atoms with Gasteiger partial charge in [-0.3, -0.25) is 0 Å². The fourth-order valence-electron chi connectivity index (χ4n) is 1.22. The van der Waals surface area contributed by atoms with Crippen LogP contribution in [0.2, 0.25) is 0 Å². The van der Waals surface area contributed by atoms with Crippen molar-refractivity contribution in [3.63, 3.8) is 0 Å². The number of carbonyl (C=O) groups excluding carboxylic acids is 1. The van der Waals surface area contributed by atoms with Crippen LogP contribution in [0.25, 0.3) is 0 Å². The second-order valence-electron chi connectivity index (χ2n) is 4.09. The van der Waals surface area contributed by atoms with Crippen molar-refractivity contribution in [2.75, 3.05) is 6.61 Å². The van der Waals surface area contributed by atoms with E-state index >= 15 is 0 Å². The zero-order valence-corrected chi connectivity index (χ0v) is 9.05. The number of hydrogen-bond donors (Lipinski definition) is 0. The SMILES string of the molecule is C=C(C)C(=O)OC1(C)COC(C)(C)O1. The van der Waals surface area contributed by atoms with Crippen LogP contribution in [0.15, 0.2) is 12.2 Å². The number of ether oxygens (including phenoxy) is 3. The summed E-state index contributed by atoms with van der Waals surface area (Å²) in [5.41, 5.74) is 0.347. The lowest BCUT2D eigenvalue weighted by Crippen LogP contribution is -2.36. The Morgan fingerprint density at radius 2 is 2.00 bits per heavy atom.